The van der Waals surface area contributed by atoms with Crippen molar-refractivity contribution in [2.45, 2.75) is 25.9 Å². The molecule has 0 bridgehead atoms. The quantitative estimate of drug-likeness (QED) is 0.888. The van der Waals surface area contributed by atoms with E-state index in [2.05, 4.69) is 11.8 Å². The zero-order valence-electron chi connectivity index (χ0n) is 11.4. The molecule has 0 spiro atoms. The number of aliphatic hydroxyl groups is 1. The zero-order valence-corrected chi connectivity index (χ0v) is 11.4. The van der Waals surface area contributed by atoms with Gasteiger partial charge in [0.05, 0.1) is 0 Å². The predicted octanol–water partition coefficient (Wildman–Crippen LogP) is 2.30. The van der Waals surface area contributed by atoms with E-state index >= 15 is 0 Å². The minimum absolute atomic E-state index is 0.132. The van der Waals surface area contributed by atoms with Gasteiger partial charge in [0.25, 0.3) is 0 Å². The molecule has 1 atom stereocenters. The number of halogens is 1. The zero-order chi connectivity index (χ0) is 13.7. The van der Waals surface area contributed by atoms with Gasteiger partial charge in [-0.3, -0.25) is 0 Å². The average molecular weight is 267 g/mol. The van der Waals surface area contributed by atoms with Gasteiger partial charge in [0.2, 0.25) is 0 Å². The van der Waals surface area contributed by atoms with Gasteiger partial charge in [0, 0.05) is 6.54 Å². The molecule has 0 amide bonds. The number of hydrogen-bond donors (Lipinski definition) is 1. The lowest BCUT2D eigenvalue weighted by molar-refractivity contribution is 0.0551. The van der Waals surface area contributed by atoms with Crippen molar-refractivity contribution >= 4 is 0 Å². The first-order chi connectivity index (χ1) is 9.15. The molecule has 0 radical (unpaired) electrons. The van der Waals surface area contributed by atoms with E-state index in [1.165, 1.54) is 18.9 Å². The van der Waals surface area contributed by atoms with E-state index in [4.69, 9.17) is 4.74 Å². The SMILES string of the molecule is CC1CCN(C[C@@H](O)COc2ccccc2F)CC1. The molecule has 1 saturated heterocycles. The van der Waals surface area contributed by atoms with Crippen LogP contribution in [-0.2, 0) is 0 Å². The summed E-state index contributed by atoms with van der Waals surface area (Å²) in [5.41, 5.74) is 0. The fourth-order valence-corrected chi connectivity index (χ4v) is 2.34. The van der Waals surface area contributed by atoms with Crippen molar-refractivity contribution in [2.24, 2.45) is 5.92 Å². The first kappa shape index (κ1) is 14.3. The Kier molecular flexibility index (Phi) is 5.16. The highest BCUT2D eigenvalue weighted by Crippen LogP contribution is 2.17. The number of aliphatic hydroxyl groups excluding tert-OH is 1. The van der Waals surface area contributed by atoms with Crippen LogP contribution in [0.4, 0.5) is 4.39 Å². The second-order valence-electron chi connectivity index (χ2n) is 5.38. The van der Waals surface area contributed by atoms with Crippen LogP contribution in [0.1, 0.15) is 19.8 Å². The maximum atomic E-state index is 13.3. The molecule has 1 fully saturated rings. The number of β-amino-alcohol motifs (C(OH)–C–C–N with tert-alkyl or cyclic N) is 1. The van der Waals surface area contributed by atoms with Crippen LogP contribution in [0.25, 0.3) is 0 Å². The van der Waals surface area contributed by atoms with E-state index in [-0.39, 0.29) is 18.2 Å². The summed E-state index contributed by atoms with van der Waals surface area (Å²) >= 11 is 0. The molecule has 106 valence electrons. The Morgan fingerprint density at radius 3 is 2.74 bits per heavy atom. The van der Waals surface area contributed by atoms with E-state index in [9.17, 15) is 9.50 Å². The molecule has 2 rings (SSSR count). The van der Waals surface area contributed by atoms with Gasteiger partial charge in [0.15, 0.2) is 11.6 Å². The fraction of sp³-hybridized carbons (Fsp3) is 0.600. The summed E-state index contributed by atoms with van der Waals surface area (Å²) < 4.78 is 18.6. The Morgan fingerprint density at radius 1 is 1.37 bits per heavy atom. The van der Waals surface area contributed by atoms with Gasteiger partial charge in [-0.1, -0.05) is 19.1 Å². The van der Waals surface area contributed by atoms with Gasteiger partial charge in [0.1, 0.15) is 12.7 Å². The smallest absolute Gasteiger partial charge is 0.165 e. The van der Waals surface area contributed by atoms with Gasteiger partial charge >= 0.3 is 0 Å². The Hall–Kier alpha value is -1.13. The average Bonchev–Trinajstić information content (AvgIpc) is 2.40. The molecular weight excluding hydrogens is 245 g/mol. The Bertz CT molecular complexity index is 391. The molecule has 0 aromatic heterocycles. The third kappa shape index (κ3) is 4.48. The van der Waals surface area contributed by atoms with Crippen molar-refractivity contribution in [2.75, 3.05) is 26.2 Å². The van der Waals surface area contributed by atoms with Crippen LogP contribution in [0.5, 0.6) is 5.75 Å². The van der Waals surface area contributed by atoms with E-state index < -0.39 is 6.10 Å². The number of rotatable bonds is 5. The first-order valence-corrected chi connectivity index (χ1v) is 6.93. The number of nitrogens with zero attached hydrogens (tertiary/aromatic N) is 1. The highest BCUT2D eigenvalue weighted by Gasteiger charge is 2.18. The molecule has 0 unspecified atom stereocenters. The van der Waals surface area contributed by atoms with E-state index in [0.29, 0.717) is 6.54 Å². The third-order valence-corrected chi connectivity index (χ3v) is 3.61. The summed E-state index contributed by atoms with van der Waals surface area (Å²) in [5.74, 6) is 0.596. The summed E-state index contributed by atoms with van der Waals surface area (Å²) in [4.78, 5) is 2.25. The number of likely N-dealkylation sites (tertiary alicyclic amines) is 1. The molecule has 1 aliphatic rings. The first-order valence-electron chi connectivity index (χ1n) is 6.93. The number of piperidine rings is 1. The summed E-state index contributed by atoms with van der Waals surface area (Å²) in [5, 5.41) is 9.93. The van der Waals surface area contributed by atoms with Gasteiger partial charge in [-0.25, -0.2) is 4.39 Å². The summed E-state index contributed by atoms with van der Waals surface area (Å²) in [7, 11) is 0. The second-order valence-corrected chi connectivity index (χ2v) is 5.38. The normalized spacial score (nSPS) is 19.3. The molecule has 1 aromatic carbocycles. The van der Waals surface area contributed by atoms with Crippen molar-refractivity contribution in [3.05, 3.63) is 30.1 Å². The molecule has 1 heterocycles. The second kappa shape index (κ2) is 6.87. The minimum atomic E-state index is -0.576. The van der Waals surface area contributed by atoms with Crippen LogP contribution < -0.4 is 4.74 Å². The van der Waals surface area contributed by atoms with Crippen LogP contribution >= 0.6 is 0 Å². The lowest BCUT2D eigenvalue weighted by Crippen LogP contribution is -2.40. The van der Waals surface area contributed by atoms with Crippen molar-refractivity contribution in [3.8, 4) is 5.75 Å². The highest BCUT2D eigenvalue weighted by molar-refractivity contribution is 5.23. The number of hydrogen-bond acceptors (Lipinski definition) is 3. The van der Waals surface area contributed by atoms with Crippen molar-refractivity contribution in [3.63, 3.8) is 0 Å². The molecule has 1 aromatic rings. The largest absolute Gasteiger partial charge is 0.488 e. The summed E-state index contributed by atoms with van der Waals surface area (Å²) in [6, 6.07) is 6.27. The van der Waals surface area contributed by atoms with Crippen molar-refractivity contribution < 1.29 is 14.2 Å². The van der Waals surface area contributed by atoms with Crippen molar-refractivity contribution in [1.29, 1.82) is 0 Å². The number of ether oxygens (including phenoxy) is 1. The predicted molar refractivity (Wildman–Crippen MR) is 72.7 cm³/mol. The number of para-hydroxylation sites is 1. The van der Waals surface area contributed by atoms with Gasteiger partial charge < -0.3 is 14.7 Å². The van der Waals surface area contributed by atoms with E-state index in [0.717, 1.165) is 19.0 Å². The van der Waals surface area contributed by atoms with Crippen LogP contribution in [-0.4, -0.2) is 42.4 Å². The lowest BCUT2D eigenvalue weighted by atomic mass is 9.99. The summed E-state index contributed by atoms with van der Waals surface area (Å²) in [6.45, 7) is 5.04. The van der Waals surface area contributed by atoms with Gasteiger partial charge in [-0.05, 0) is 44.0 Å². The Balaban J connectivity index is 1.73. The van der Waals surface area contributed by atoms with Crippen LogP contribution in [0, 0.1) is 11.7 Å². The monoisotopic (exact) mass is 267 g/mol. The lowest BCUT2D eigenvalue weighted by Gasteiger charge is -2.31. The van der Waals surface area contributed by atoms with Crippen molar-refractivity contribution in [1.82, 2.24) is 4.90 Å². The minimum Gasteiger partial charge on any atom is -0.488 e. The molecule has 0 saturated carbocycles. The fourth-order valence-electron chi connectivity index (χ4n) is 2.34. The van der Waals surface area contributed by atoms with E-state index in [1.807, 2.05) is 0 Å². The maximum Gasteiger partial charge on any atom is 0.165 e. The topological polar surface area (TPSA) is 32.7 Å². The van der Waals surface area contributed by atoms with Gasteiger partial charge in [-0.15, -0.1) is 0 Å². The van der Waals surface area contributed by atoms with Crippen LogP contribution in [0.15, 0.2) is 24.3 Å². The third-order valence-electron chi connectivity index (χ3n) is 3.61. The van der Waals surface area contributed by atoms with Gasteiger partial charge in [-0.2, -0.15) is 0 Å². The molecule has 19 heavy (non-hydrogen) atoms. The van der Waals surface area contributed by atoms with Crippen LogP contribution in [0.2, 0.25) is 0 Å². The van der Waals surface area contributed by atoms with Crippen LogP contribution in [0.3, 0.4) is 0 Å². The Morgan fingerprint density at radius 2 is 2.05 bits per heavy atom. The molecule has 1 N–H and O–H groups in total. The Labute approximate surface area is 114 Å². The highest BCUT2D eigenvalue weighted by atomic mass is 19.1. The molecular formula is C15H22FNO2. The molecule has 0 aliphatic carbocycles. The van der Waals surface area contributed by atoms with E-state index in [1.54, 1.807) is 18.2 Å². The standard InChI is InChI=1S/C15H22FNO2/c1-12-6-8-17(9-7-12)10-13(18)11-19-15-5-3-2-4-14(15)16/h2-5,12-13,18H,6-11H2,1H3/t13-/m1/s1. The molecule has 3 nitrogen and oxygen atoms in total. The maximum absolute atomic E-state index is 13.3. The molecule has 4 heteroatoms. The molecule has 1 aliphatic heterocycles. The number of benzene rings is 1. The summed E-state index contributed by atoms with van der Waals surface area (Å²) in [6.07, 6.45) is 1.79.